The molecule has 0 spiro atoms. The van der Waals surface area contributed by atoms with Crippen molar-refractivity contribution in [3.05, 3.63) is 124 Å². The molecule has 0 fully saturated rings. The van der Waals surface area contributed by atoms with Crippen LogP contribution in [0.25, 0.3) is 0 Å². The molecule has 0 aliphatic heterocycles. The van der Waals surface area contributed by atoms with Crippen LogP contribution in [0.5, 0.6) is 0 Å². The lowest BCUT2D eigenvalue weighted by atomic mass is 9.93. The number of hydrogen-bond acceptors (Lipinski definition) is 9. The van der Waals surface area contributed by atoms with Crippen molar-refractivity contribution >= 4 is 29.2 Å². The largest absolute Gasteiger partial charge is 0.461 e. The predicted octanol–water partition coefficient (Wildman–Crippen LogP) is 5.39. The minimum Gasteiger partial charge on any atom is -0.461 e. The third kappa shape index (κ3) is 11.7. The molecule has 4 aromatic rings. The number of carbonyl (C=O) groups is 3. The quantitative estimate of drug-likeness (QED) is 0.0647. The van der Waals surface area contributed by atoms with E-state index in [4.69, 9.17) is 10.5 Å². The number of nitrogens with two attached hydrogens (primary N) is 1. The second kappa shape index (κ2) is 19.1. The standard InChI is InChI=1S/C39H50N6O5S/c1-26(2)34(42-39(49)44(5)22-31-25-51-37(41-31)27(3)4)36(47)43-45(35(40)30-19-13-8-14-20-30)23-33(46)32(21-28-15-9-6-10-16-28)38(48)50-24-29-17-11-7-12-18-29/h6-20,25-27,32-35,46H,21-24,40H2,1-5H3,(H,42,49)(H,43,47)/t32-,33+,34-,35?/m0/s1. The van der Waals surface area contributed by atoms with Gasteiger partial charge in [0.15, 0.2) is 0 Å². The van der Waals surface area contributed by atoms with Crippen LogP contribution in [0.3, 0.4) is 0 Å². The van der Waals surface area contributed by atoms with Crippen LogP contribution in [-0.4, -0.2) is 63.6 Å². The predicted molar refractivity (Wildman–Crippen MR) is 199 cm³/mol. The minimum atomic E-state index is -1.30. The number of nitrogens with zero attached hydrogens (tertiary/aromatic N) is 3. The Kier molecular flexibility index (Phi) is 14.7. The van der Waals surface area contributed by atoms with Crippen molar-refractivity contribution < 1.29 is 24.2 Å². The van der Waals surface area contributed by atoms with E-state index in [-0.39, 0.29) is 38.0 Å². The first-order valence-corrected chi connectivity index (χ1v) is 18.1. The van der Waals surface area contributed by atoms with E-state index in [0.717, 1.165) is 21.8 Å². The van der Waals surface area contributed by atoms with E-state index < -0.39 is 42.1 Å². The molecule has 0 aliphatic carbocycles. The van der Waals surface area contributed by atoms with E-state index in [1.807, 2.05) is 110 Å². The van der Waals surface area contributed by atoms with Gasteiger partial charge in [-0.2, -0.15) is 5.01 Å². The average Bonchev–Trinajstić information content (AvgIpc) is 3.61. The second-order valence-corrected chi connectivity index (χ2v) is 14.2. The van der Waals surface area contributed by atoms with Crippen LogP contribution in [-0.2, 0) is 33.9 Å². The maximum absolute atomic E-state index is 13.9. The second-order valence-electron chi connectivity index (χ2n) is 13.3. The van der Waals surface area contributed by atoms with Gasteiger partial charge >= 0.3 is 12.0 Å². The smallest absolute Gasteiger partial charge is 0.318 e. The van der Waals surface area contributed by atoms with E-state index in [2.05, 4.69) is 29.6 Å². The molecule has 3 aromatic carbocycles. The van der Waals surface area contributed by atoms with Crippen molar-refractivity contribution in [3.63, 3.8) is 0 Å². The number of ether oxygens (including phenoxy) is 1. The molecule has 1 aromatic heterocycles. The molecule has 4 atom stereocenters. The number of esters is 1. The molecule has 0 aliphatic rings. The highest BCUT2D eigenvalue weighted by atomic mass is 32.1. The first kappa shape index (κ1) is 39.2. The minimum absolute atomic E-state index is 0.0488. The Morgan fingerprint density at radius 1 is 0.902 bits per heavy atom. The van der Waals surface area contributed by atoms with Crippen LogP contribution in [0.4, 0.5) is 4.79 Å². The number of urea groups is 1. The molecule has 11 nitrogen and oxygen atoms in total. The molecular weight excluding hydrogens is 665 g/mol. The van der Waals surface area contributed by atoms with E-state index in [9.17, 15) is 19.5 Å². The van der Waals surface area contributed by atoms with Gasteiger partial charge in [-0.05, 0) is 29.0 Å². The fourth-order valence-corrected chi connectivity index (χ4v) is 6.26. The van der Waals surface area contributed by atoms with Crippen LogP contribution in [0.1, 0.15) is 67.2 Å². The summed E-state index contributed by atoms with van der Waals surface area (Å²) < 4.78 is 5.69. The van der Waals surface area contributed by atoms with Gasteiger partial charge in [-0.15, -0.1) is 11.3 Å². The van der Waals surface area contributed by atoms with E-state index >= 15 is 0 Å². The summed E-state index contributed by atoms with van der Waals surface area (Å²) in [6.45, 7) is 7.91. The van der Waals surface area contributed by atoms with Gasteiger partial charge in [0, 0.05) is 24.9 Å². The lowest BCUT2D eigenvalue weighted by Gasteiger charge is -2.35. The third-order valence-corrected chi connectivity index (χ3v) is 9.64. The Hall–Kier alpha value is -4.62. The molecule has 1 heterocycles. The van der Waals surface area contributed by atoms with Gasteiger partial charge in [0.2, 0.25) is 0 Å². The number of thiazole rings is 1. The number of amides is 3. The fourth-order valence-electron chi connectivity index (χ4n) is 5.43. The number of hydrazine groups is 1. The summed E-state index contributed by atoms with van der Waals surface area (Å²) in [5, 5.41) is 18.9. The van der Waals surface area contributed by atoms with Gasteiger partial charge in [-0.25, -0.2) is 9.78 Å². The third-order valence-electron chi connectivity index (χ3n) is 8.44. The maximum atomic E-state index is 13.9. The van der Waals surface area contributed by atoms with Gasteiger partial charge in [0.25, 0.3) is 5.91 Å². The first-order chi connectivity index (χ1) is 24.4. The summed E-state index contributed by atoms with van der Waals surface area (Å²) in [6, 6.07) is 26.4. The van der Waals surface area contributed by atoms with Crippen molar-refractivity contribution in [2.24, 2.45) is 17.6 Å². The van der Waals surface area contributed by atoms with E-state index in [1.54, 1.807) is 18.4 Å². The van der Waals surface area contributed by atoms with Crippen molar-refractivity contribution in [2.75, 3.05) is 13.6 Å². The normalized spacial score (nSPS) is 13.8. The molecule has 272 valence electrons. The van der Waals surface area contributed by atoms with Gasteiger partial charge in [0.1, 0.15) is 18.8 Å². The number of aliphatic hydroxyl groups excluding tert-OH is 1. The molecule has 5 N–H and O–H groups in total. The topological polar surface area (TPSA) is 150 Å². The summed E-state index contributed by atoms with van der Waals surface area (Å²) in [7, 11) is 1.65. The summed E-state index contributed by atoms with van der Waals surface area (Å²) in [5.41, 5.74) is 12.7. The van der Waals surface area contributed by atoms with Gasteiger partial charge < -0.3 is 25.8 Å². The fraction of sp³-hybridized carbons (Fsp3) is 0.385. The maximum Gasteiger partial charge on any atom is 0.318 e. The number of nitrogens with one attached hydrogen (secondary N) is 2. The van der Waals surface area contributed by atoms with Gasteiger partial charge in [-0.1, -0.05) is 119 Å². The van der Waals surface area contributed by atoms with Gasteiger partial charge in [-0.3, -0.25) is 15.0 Å². The van der Waals surface area contributed by atoms with Crippen LogP contribution in [0.2, 0.25) is 0 Å². The van der Waals surface area contributed by atoms with Crippen LogP contribution < -0.4 is 16.5 Å². The molecule has 0 saturated heterocycles. The highest BCUT2D eigenvalue weighted by Crippen LogP contribution is 2.22. The molecular formula is C39H50N6O5S. The van der Waals surface area contributed by atoms with Crippen LogP contribution in [0, 0.1) is 11.8 Å². The van der Waals surface area contributed by atoms with E-state index in [1.165, 1.54) is 9.91 Å². The Labute approximate surface area is 304 Å². The highest BCUT2D eigenvalue weighted by Gasteiger charge is 2.34. The van der Waals surface area contributed by atoms with E-state index in [0.29, 0.717) is 5.56 Å². The Morgan fingerprint density at radius 2 is 1.49 bits per heavy atom. The molecule has 0 saturated carbocycles. The van der Waals surface area contributed by atoms with Crippen molar-refractivity contribution in [3.8, 4) is 0 Å². The number of hydrogen-bond donors (Lipinski definition) is 4. The van der Waals surface area contributed by atoms with Crippen LogP contribution >= 0.6 is 11.3 Å². The molecule has 51 heavy (non-hydrogen) atoms. The first-order valence-electron chi connectivity index (χ1n) is 17.2. The lowest BCUT2D eigenvalue weighted by molar-refractivity contribution is -0.155. The summed E-state index contributed by atoms with van der Waals surface area (Å²) in [5.74, 6) is -2.09. The zero-order valence-electron chi connectivity index (χ0n) is 29.9. The summed E-state index contributed by atoms with van der Waals surface area (Å²) >= 11 is 1.55. The van der Waals surface area contributed by atoms with Crippen molar-refractivity contribution in [2.45, 2.75) is 71.5 Å². The Balaban J connectivity index is 1.52. The molecule has 12 heteroatoms. The molecule has 1 unspecified atom stereocenters. The van der Waals surface area contributed by atoms with Crippen molar-refractivity contribution in [1.29, 1.82) is 0 Å². The molecule has 4 rings (SSSR count). The average molecular weight is 715 g/mol. The Bertz CT molecular complexity index is 1670. The van der Waals surface area contributed by atoms with Gasteiger partial charge in [0.05, 0.1) is 29.3 Å². The number of benzene rings is 3. The summed E-state index contributed by atoms with van der Waals surface area (Å²) in [4.78, 5) is 46.9. The number of rotatable bonds is 17. The highest BCUT2D eigenvalue weighted by molar-refractivity contribution is 7.09. The summed E-state index contributed by atoms with van der Waals surface area (Å²) in [6.07, 6.45) is -1.99. The SMILES string of the molecule is CC(C)c1nc(CN(C)C(=O)N[C@H](C(=O)NN(C[C@@H](O)[C@H](Cc2ccccc2)C(=O)OCc2ccccc2)C(N)c2ccccc2)C(C)C)cs1. The molecule has 3 amide bonds. The Morgan fingerprint density at radius 3 is 2.06 bits per heavy atom. The zero-order valence-corrected chi connectivity index (χ0v) is 30.8. The lowest BCUT2D eigenvalue weighted by Crippen LogP contribution is -2.59. The molecule has 0 radical (unpaired) electrons. The number of aliphatic hydroxyl groups is 1. The van der Waals surface area contributed by atoms with Crippen molar-refractivity contribution in [1.82, 2.24) is 25.6 Å². The number of carbonyl (C=O) groups excluding carboxylic acids is 3. The zero-order chi connectivity index (χ0) is 36.9. The monoisotopic (exact) mass is 714 g/mol. The number of aromatic nitrogens is 1. The molecule has 0 bridgehead atoms. The van der Waals surface area contributed by atoms with Crippen LogP contribution in [0.15, 0.2) is 96.4 Å².